The Balaban J connectivity index is 2.08. The van der Waals surface area contributed by atoms with Gasteiger partial charge in [-0.1, -0.05) is 17.3 Å². The van der Waals surface area contributed by atoms with Crippen LogP contribution in [-0.4, -0.2) is 37.9 Å². The van der Waals surface area contributed by atoms with Gasteiger partial charge in [-0.25, -0.2) is 8.42 Å². The van der Waals surface area contributed by atoms with Crippen molar-refractivity contribution in [3.05, 3.63) is 29.8 Å². The molecule has 1 aliphatic rings. The van der Waals surface area contributed by atoms with Crippen molar-refractivity contribution in [3.63, 3.8) is 0 Å². The molecule has 8 heteroatoms. The van der Waals surface area contributed by atoms with Crippen molar-refractivity contribution in [2.75, 3.05) is 17.1 Å². The summed E-state index contributed by atoms with van der Waals surface area (Å²) in [4.78, 5) is 0. The number of anilines is 1. The van der Waals surface area contributed by atoms with Crippen LogP contribution in [-0.2, 0) is 14.8 Å². The summed E-state index contributed by atoms with van der Waals surface area (Å²) in [5.74, 6) is -0.147. The summed E-state index contributed by atoms with van der Waals surface area (Å²) >= 11 is 0. The van der Waals surface area contributed by atoms with Gasteiger partial charge in [0.2, 0.25) is 10.0 Å². The molecule has 1 aliphatic heterocycles. The first-order valence-corrected chi connectivity index (χ1v) is 7.85. The minimum Gasteiger partial charge on any atom is -0.409 e. The van der Waals surface area contributed by atoms with Gasteiger partial charge in [0.15, 0.2) is 5.84 Å². The Hall–Kier alpha value is -1.80. The van der Waals surface area contributed by atoms with Crippen molar-refractivity contribution in [2.45, 2.75) is 18.9 Å². The van der Waals surface area contributed by atoms with E-state index in [1.165, 1.54) is 6.07 Å². The van der Waals surface area contributed by atoms with Gasteiger partial charge in [0.05, 0.1) is 11.9 Å². The molecule has 4 N–H and O–H groups in total. The smallest absolute Gasteiger partial charge is 0.235 e. The standard InChI is InChI=1S/C12H17N3O4S/c13-12(14-16)9-3-1-4-10(7-9)15-20(17,18)8-11-5-2-6-19-11/h1,3-4,7,11,15-16H,2,5-6,8H2,(H2,13,14). The molecular formula is C12H17N3O4S. The zero-order valence-corrected chi connectivity index (χ0v) is 11.6. The summed E-state index contributed by atoms with van der Waals surface area (Å²) in [6, 6.07) is 6.34. The number of nitrogens with one attached hydrogen (secondary N) is 1. The summed E-state index contributed by atoms with van der Waals surface area (Å²) in [5, 5.41) is 11.5. The van der Waals surface area contributed by atoms with E-state index in [0.717, 1.165) is 12.8 Å². The van der Waals surface area contributed by atoms with Gasteiger partial charge in [-0.3, -0.25) is 4.72 Å². The SMILES string of the molecule is NC(=NO)c1cccc(NS(=O)(=O)CC2CCCO2)c1. The second-order valence-electron chi connectivity index (χ2n) is 4.58. The molecule has 2 rings (SSSR count). The molecule has 1 unspecified atom stereocenters. The molecule has 0 amide bonds. The first kappa shape index (κ1) is 14.6. The summed E-state index contributed by atoms with van der Waals surface area (Å²) in [6.45, 7) is 0.610. The second kappa shape index (κ2) is 6.10. The molecule has 1 atom stereocenters. The fraction of sp³-hybridized carbons (Fsp3) is 0.417. The first-order valence-electron chi connectivity index (χ1n) is 6.20. The zero-order valence-electron chi connectivity index (χ0n) is 10.8. The highest BCUT2D eigenvalue weighted by atomic mass is 32.2. The molecule has 1 heterocycles. The third kappa shape index (κ3) is 3.84. The van der Waals surface area contributed by atoms with Crippen molar-refractivity contribution in [2.24, 2.45) is 10.9 Å². The Kier molecular flexibility index (Phi) is 4.46. The predicted molar refractivity (Wildman–Crippen MR) is 75.3 cm³/mol. The summed E-state index contributed by atoms with van der Waals surface area (Å²) < 4.78 is 31.8. The molecule has 0 bridgehead atoms. The lowest BCUT2D eigenvalue weighted by molar-refractivity contribution is 0.127. The van der Waals surface area contributed by atoms with Crippen LogP contribution < -0.4 is 10.5 Å². The average molecular weight is 299 g/mol. The summed E-state index contributed by atoms with van der Waals surface area (Å²) in [7, 11) is -3.49. The van der Waals surface area contributed by atoms with E-state index in [2.05, 4.69) is 9.88 Å². The Morgan fingerprint density at radius 3 is 3.00 bits per heavy atom. The van der Waals surface area contributed by atoms with Gasteiger partial charge in [-0.15, -0.1) is 0 Å². The highest BCUT2D eigenvalue weighted by Crippen LogP contribution is 2.17. The van der Waals surface area contributed by atoms with Crippen LogP contribution in [0, 0.1) is 0 Å². The Bertz CT molecular complexity index is 594. The van der Waals surface area contributed by atoms with E-state index in [1.54, 1.807) is 18.2 Å². The number of hydrogen-bond acceptors (Lipinski definition) is 5. The average Bonchev–Trinajstić information content (AvgIpc) is 2.89. The molecule has 0 aromatic heterocycles. The van der Waals surface area contributed by atoms with E-state index in [-0.39, 0.29) is 17.7 Å². The highest BCUT2D eigenvalue weighted by molar-refractivity contribution is 7.92. The van der Waals surface area contributed by atoms with E-state index in [0.29, 0.717) is 17.9 Å². The summed E-state index contributed by atoms with van der Waals surface area (Å²) in [6.07, 6.45) is 1.39. The van der Waals surface area contributed by atoms with Crippen LogP contribution in [0.3, 0.4) is 0 Å². The third-order valence-corrected chi connectivity index (χ3v) is 4.33. The molecule has 1 fully saturated rings. The van der Waals surface area contributed by atoms with E-state index in [1.807, 2.05) is 0 Å². The molecule has 0 radical (unpaired) electrons. The zero-order chi connectivity index (χ0) is 14.6. The van der Waals surface area contributed by atoms with Crippen LogP contribution in [0.15, 0.2) is 29.4 Å². The van der Waals surface area contributed by atoms with Crippen LogP contribution in [0.4, 0.5) is 5.69 Å². The number of nitrogens with zero attached hydrogens (tertiary/aromatic N) is 1. The minimum atomic E-state index is -3.49. The normalized spacial score (nSPS) is 20.0. The predicted octanol–water partition coefficient (Wildman–Crippen LogP) is 0.702. The number of hydrogen-bond donors (Lipinski definition) is 3. The molecule has 0 saturated carbocycles. The lowest BCUT2D eigenvalue weighted by atomic mass is 10.2. The highest BCUT2D eigenvalue weighted by Gasteiger charge is 2.23. The van der Waals surface area contributed by atoms with Crippen molar-refractivity contribution in [1.82, 2.24) is 0 Å². The lowest BCUT2D eigenvalue weighted by Gasteiger charge is -2.12. The molecule has 20 heavy (non-hydrogen) atoms. The quantitative estimate of drug-likeness (QED) is 0.320. The van der Waals surface area contributed by atoms with Crippen molar-refractivity contribution in [1.29, 1.82) is 0 Å². The van der Waals surface area contributed by atoms with E-state index in [4.69, 9.17) is 15.7 Å². The minimum absolute atomic E-state index is 0.0687. The maximum atomic E-state index is 12.0. The molecule has 0 aliphatic carbocycles. The number of nitrogens with two attached hydrogens (primary N) is 1. The number of sulfonamides is 1. The van der Waals surface area contributed by atoms with Crippen LogP contribution in [0.5, 0.6) is 0 Å². The maximum absolute atomic E-state index is 12.0. The van der Waals surface area contributed by atoms with Gasteiger partial charge in [0, 0.05) is 17.9 Å². The number of amidine groups is 1. The molecule has 1 aromatic rings. The molecule has 110 valence electrons. The van der Waals surface area contributed by atoms with Crippen molar-refractivity contribution in [3.8, 4) is 0 Å². The first-order chi connectivity index (χ1) is 9.50. The number of rotatable bonds is 5. The fourth-order valence-electron chi connectivity index (χ4n) is 2.04. The maximum Gasteiger partial charge on any atom is 0.235 e. The van der Waals surface area contributed by atoms with Crippen LogP contribution in [0.2, 0.25) is 0 Å². The van der Waals surface area contributed by atoms with Crippen molar-refractivity contribution >= 4 is 21.5 Å². The molecular weight excluding hydrogens is 282 g/mol. The van der Waals surface area contributed by atoms with Crippen molar-refractivity contribution < 1.29 is 18.4 Å². The van der Waals surface area contributed by atoms with Crippen LogP contribution in [0.1, 0.15) is 18.4 Å². The van der Waals surface area contributed by atoms with Gasteiger partial charge in [-0.2, -0.15) is 0 Å². The molecule has 7 nitrogen and oxygen atoms in total. The Morgan fingerprint density at radius 1 is 1.55 bits per heavy atom. The number of oxime groups is 1. The van der Waals surface area contributed by atoms with E-state index in [9.17, 15) is 8.42 Å². The molecule has 0 spiro atoms. The van der Waals surface area contributed by atoms with E-state index < -0.39 is 10.0 Å². The summed E-state index contributed by atoms with van der Waals surface area (Å²) in [5.41, 5.74) is 6.26. The van der Waals surface area contributed by atoms with Gasteiger partial charge in [-0.05, 0) is 25.0 Å². The Labute approximate surface area is 117 Å². The number of ether oxygens (including phenoxy) is 1. The third-order valence-electron chi connectivity index (χ3n) is 2.97. The van der Waals surface area contributed by atoms with Gasteiger partial charge < -0.3 is 15.7 Å². The monoisotopic (exact) mass is 299 g/mol. The second-order valence-corrected chi connectivity index (χ2v) is 6.35. The van der Waals surface area contributed by atoms with Gasteiger partial charge >= 0.3 is 0 Å². The number of benzene rings is 1. The molecule has 1 aromatic carbocycles. The van der Waals surface area contributed by atoms with Crippen LogP contribution in [0.25, 0.3) is 0 Å². The lowest BCUT2D eigenvalue weighted by Crippen LogP contribution is -2.25. The topological polar surface area (TPSA) is 114 Å². The van der Waals surface area contributed by atoms with Crippen LogP contribution >= 0.6 is 0 Å². The van der Waals surface area contributed by atoms with Gasteiger partial charge in [0.1, 0.15) is 0 Å². The Morgan fingerprint density at radius 2 is 2.35 bits per heavy atom. The van der Waals surface area contributed by atoms with E-state index >= 15 is 0 Å². The largest absolute Gasteiger partial charge is 0.409 e. The fourth-order valence-corrected chi connectivity index (χ4v) is 3.36. The van der Waals surface area contributed by atoms with Gasteiger partial charge in [0.25, 0.3) is 0 Å². The molecule has 1 saturated heterocycles.